The Balaban J connectivity index is 2.11. The van der Waals surface area contributed by atoms with Crippen molar-refractivity contribution in [3.05, 3.63) is 0 Å². The first-order valence-corrected chi connectivity index (χ1v) is 6.10. The molecule has 0 aromatic rings. The third-order valence-electron chi connectivity index (χ3n) is 4.19. The summed E-state index contributed by atoms with van der Waals surface area (Å²) in [4.78, 5) is 14.4. The summed E-state index contributed by atoms with van der Waals surface area (Å²) in [6.45, 7) is 4.84. The first-order valence-electron chi connectivity index (χ1n) is 6.10. The zero-order valence-electron chi connectivity index (χ0n) is 9.83. The van der Waals surface area contributed by atoms with Crippen LogP contribution >= 0.6 is 0 Å². The van der Waals surface area contributed by atoms with E-state index in [-0.39, 0.29) is 17.4 Å². The van der Waals surface area contributed by atoms with Crippen molar-refractivity contribution in [3.63, 3.8) is 0 Å². The molecule has 2 aliphatic rings. The van der Waals surface area contributed by atoms with Gasteiger partial charge in [-0.1, -0.05) is 12.8 Å². The van der Waals surface area contributed by atoms with E-state index in [1.807, 2.05) is 13.8 Å². The van der Waals surface area contributed by atoms with Gasteiger partial charge in [0.25, 0.3) is 0 Å². The largest absolute Gasteiger partial charge is 0.339 e. The van der Waals surface area contributed by atoms with E-state index in [4.69, 9.17) is 5.73 Å². The predicted molar refractivity (Wildman–Crippen MR) is 60.3 cm³/mol. The molecule has 1 saturated carbocycles. The molecule has 0 aromatic heterocycles. The van der Waals surface area contributed by atoms with Gasteiger partial charge in [-0.2, -0.15) is 0 Å². The van der Waals surface area contributed by atoms with E-state index < -0.39 is 0 Å². The summed E-state index contributed by atoms with van der Waals surface area (Å²) in [7, 11) is 0. The minimum Gasteiger partial charge on any atom is -0.339 e. The first kappa shape index (κ1) is 10.9. The molecule has 0 bridgehead atoms. The van der Waals surface area contributed by atoms with Gasteiger partial charge in [0.15, 0.2) is 0 Å². The standard InChI is InChI=1S/C12H22N2O/c1-12(2)10(13)7-8-14(11(12)15)9-5-3-4-6-9/h9-10H,3-8,13H2,1-2H3. The molecule has 1 heterocycles. The summed E-state index contributed by atoms with van der Waals surface area (Å²) < 4.78 is 0. The Labute approximate surface area is 92.0 Å². The highest BCUT2D eigenvalue weighted by Gasteiger charge is 2.43. The van der Waals surface area contributed by atoms with Gasteiger partial charge in [-0.15, -0.1) is 0 Å². The third-order valence-corrected chi connectivity index (χ3v) is 4.19. The summed E-state index contributed by atoms with van der Waals surface area (Å²) in [6, 6.07) is 0.534. The topological polar surface area (TPSA) is 46.3 Å². The van der Waals surface area contributed by atoms with Crippen LogP contribution in [0.5, 0.6) is 0 Å². The molecule has 15 heavy (non-hydrogen) atoms. The van der Waals surface area contributed by atoms with E-state index >= 15 is 0 Å². The van der Waals surface area contributed by atoms with Crippen LogP contribution in [0.2, 0.25) is 0 Å². The molecule has 0 spiro atoms. The zero-order chi connectivity index (χ0) is 11.1. The van der Waals surface area contributed by atoms with Crippen LogP contribution in [0.1, 0.15) is 46.0 Å². The van der Waals surface area contributed by atoms with Gasteiger partial charge in [0, 0.05) is 18.6 Å². The molecule has 1 aliphatic carbocycles. The number of piperidine rings is 1. The Kier molecular flexibility index (Phi) is 2.75. The van der Waals surface area contributed by atoms with Crippen molar-refractivity contribution in [2.75, 3.05) is 6.54 Å². The van der Waals surface area contributed by atoms with Gasteiger partial charge >= 0.3 is 0 Å². The normalized spacial score (nSPS) is 32.3. The summed E-state index contributed by atoms with van der Waals surface area (Å²) in [6.07, 6.45) is 5.89. The number of likely N-dealkylation sites (tertiary alicyclic amines) is 1. The smallest absolute Gasteiger partial charge is 0.230 e. The van der Waals surface area contributed by atoms with Crippen molar-refractivity contribution in [2.24, 2.45) is 11.1 Å². The van der Waals surface area contributed by atoms with E-state index in [1.165, 1.54) is 25.7 Å². The molecule has 2 N–H and O–H groups in total. The molecule has 1 amide bonds. The number of rotatable bonds is 1. The van der Waals surface area contributed by atoms with E-state index in [1.54, 1.807) is 0 Å². The molecule has 3 heteroatoms. The fourth-order valence-corrected chi connectivity index (χ4v) is 2.83. The van der Waals surface area contributed by atoms with E-state index in [0.29, 0.717) is 6.04 Å². The Morgan fingerprint density at radius 1 is 1.27 bits per heavy atom. The second kappa shape index (κ2) is 3.78. The highest BCUT2D eigenvalue weighted by atomic mass is 16.2. The van der Waals surface area contributed by atoms with E-state index in [2.05, 4.69) is 4.90 Å². The van der Waals surface area contributed by atoms with Crippen LogP contribution in [0.15, 0.2) is 0 Å². The second-order valence-corrected chi connectivity index (χ2v) is 5.55. The zero-order valence-corrected chi connectivity index (χ0v) is 9.83. The van der Waals surface area contributed by atoms with Crippen LogP contribution in [-0.4, -0.2) is 29.4 Å². The van der Waals surface area contributed by atoms with Crippen LogP contribution in [0.25, 0.3) is 0 Å². The van der Waals surface area contributed by atoms with Crippen LogP contribution in [0.3, 0.4) is 0 Å². The number of hydrogen-bond donors (Lipinski definition) is 1. The summed E-state index contributed by atoms with van der Waals surface area (Å²) in [5.74, 6) is 0.271. The minimum atomic E-state index is -0.360. The van der Waals surface area contributed by atoms with Crippen molar-refractivity contribution >= 4 is 5.91 Å². The molecule has 0 radical (unpaired) electrons. The molecule has 1 unspecified atom stereocenters. The van der Waals surface area contributed by atoms with Gasteiger partial charge in [0.1, 0.15) is 0 Å². The number of amides is 1. The summed E-state index contributed by atoms with van der Waals surface area (Å²) >= 11 is 0. The second-order valence-electron chi connectivity index (χ2n) is 5.55. The number of nitrogens with two attached hydrogens (primary N) is 1. The van der Waals surface area contributed by atoms with Crippen LogP contribution in [-0.2, 0) is 4.79 Å². The van der Waals surface area contributed by atoms with Crippen LogP contribution in [0, 0.1) is 5.41 Å². The first-order chi connectivity index (χ1) is 7.03. The highest BCUT2D eigenvalue weighted by molar-refractivity contribution is 5.84. The Morgan fingerprint density at radius 3 is 2.47 bits per heavy atom. The lowest BCUT2D eigenvalue weighted by atomic mass is 9.78. The maximum Gasteiger partial charge on any atom is 0.230 e. The average molecular weight is 210 g/mol. The molecule has 86 valence electrons. The van der Waals surface area contributed by atoms with Gasteiger partial charge in [-0.05, 0) is 33.1 Å². The molecule has 0 aromatic carbocycles. The SMILES string of the molecule is CC1(C)C(=O)N(C2CCCC2)CCC1N. The Morgan fingerprint density at radius 2 is 1.87 bits per heavy atom. The molecular weight excluding hydrogens is 188 g/mol. The lowest BCUT2D eigenvalue weighted by molar-refractivity contribution is -0.148. The molecule has 1 saturated heterocycles. The van der Waals surface area contributed by atoms with Gasteiger partial charge in [0.05, 0.1) is 5.41 Å². The average Bonchev–Trinajstić information content (AvgIpc) is 2.68. The fraction of sp³-hybridized carbons (Fsp3) is 0.917. The molecule has 2 fully saturated rings. The number of nitrogens with zero attached hydrogens (tertiary/aromatic N) is 1. The number of carbonyl (C=O) groups is 1. The lowest BCUT2D eigenvalue weighted by Gasteiger charge is -2.44. The molecule has 2 rings (SSSR count). The van der Waals surface area contributed by atoms with Gasteiger partial charge in [-0.25, -0.2) is 0 Å². The molecule has 1 atom stereocenters. The van der Waals surface area contributed by atoms with Crippen molar-refractivity contribution in [2.45, 2.75) is 58.0 Å². The predicted octanol–water partition coefficient (Wildman–Crippen LogP) is 1.51. The van der Waals surface area contributed by atoms with E-state index in [0.717, 1.165) is 13.0 Å². The van der Waals surface area contributed by atoms with E-state index in [9.17, 15) is 4.79 Å². The van der Waals surface area contributed by atoms with Crippen LogP contribution < -0.4 is 5.73 Å². The van der Waals surface area contributed by atoms with Crippen molar-refractivity contribution in [1.82, 2.24) is 4.90 Å². The Hall–Kier alpha value is -0.570. The van der Waals surface area contributed by atoms with Gasteiger partial charge in [0.2, 0.25) is 5.91 Å². The van der Waals surface area contributed by atoms with Gasteiger partial charge in [-0.3, -0.25) is 4.79 Å². The highest BCUT2D eigenvalue weighted by Crippen LogP contribution is 2.34. The summed E-state index contributed by atoms with van der Waals surface area (Å²) in [5.41, 5.74) is 5.66. The quantitative estimate of drug-likeness (QED) is 0.713. The molecular formula is C12H22N2O. The maximum absolute atomic E-state index is 12.3. The Bertz CT molecular complexity index is 256. The molecule has 3 nitrogen and oxygen atoms in total. The monoisotopic (exact) mass is 210 g/mol. The third kappa shape index (κ3) is 1.78. The van der Waals surface area contributed by atoms with Crippen molar-refractivity contribution in [1.29, 1.82) is 0 Å². The van der Waals surface area contributed by atoms with Gasteiger partial charge < -0.3 is 10.6 Å². The van der Waals surface area contributed by atoms with Crippen molar-refractivity contribution < 1.29 is 4.79 Å². The fourth-order valence-electron chi connectivity index (χ4n) is 2.83. The maximum atomic E-state index is 12.3. The number of carbonyl (C=O) groups excluding carboxylic acids is 1. The summed E-state index contributed by atoms with van der Waals surface area (Å²) in [5, 5.41) is 0. The van der Waals surface area contributed by atoms with Crippen LogP contribution in [0.4, 0.5) is 0 Å². The number of hydrogen-bond acceptors (Lipinski definition) is 2. The molecule has 1 aliphatic heterocycles. The van der Waals surface area contributed by atoms with Crippen molar-refractivity contribution in [3.8, 4) is 0 Å². The lowest BCUT2D eigenvalue weighted by Crippen LogP contribution is -2.58. The minimum absolute atomic E-state index is 0.0302.